The maximum absolute atomic E-state index is 5.56. The Kier molecular flexibility index (Phi) is 4.58. The summed E-state index contributed by atoms with van der Waals surface area (Å²) in [5.41, 5.74) is 0. The van der Waals surface area contributed by atoms with E-state index in [0.29, 0.717) is 12.0 Å². The molecule has 1 unspecified atom stereocenters. The van der Waals surface area contributed by atoms with Gasteiger partial charge in [-0.2, -0.15) is 0 Å². The highest BCUT2D eigenvalue weighted by Crippen LogP contribution is 2.20. The van der Waals surface area contributed by atoms with E-state index in [-0.39, 0.29) is 0 Å². The van der Waals surface area contributed by atoms with Crippen molar-refractivity contribution in [3.63, 3.8) is 0 Å². The highest BCUT2D eigenvalue weighted by molar-refractivity contribution is 4.73. The third-order valence-electron chi connectivity index (χ3n) is 2.25. The van der Waals surface area contributed by atoms with Crippen LogP contribution in [0.4, 0.5) is 0 Å². The average Bonchev–Trinajstić information content (AvgIpc) is 2.56. The lowest BCUT2D eigenvalue weighted by molar-refractivity contribution is -0.0108. The Morgan fingerprint density at radius 1 is 1.33 bits per heavy atom. The molecular weight excluding hydrogens is 156 g/mol. The van der Waals surface area contributed by atoms with E-state index >= 15 is 0 Å². The lowest BCUT2D eigenvalue weighted by Crippen LogP contribution is -2.28. The molecule has 12 heavy (non-hydrogen) atoms. The van der Waals surface area contributed by atoms with Crippen molar-refractivity contribution in [3.05, 3.63) is 0 Å². The van der Waals surface area contributed by atoms with Crippen LogP contribution in [0.15, 0.2) is 0 Å². The fraction of sp³-hybridized carbons (Fsp3) is 1.00. The van der Waals surface area contributed by atoms with Crippen molar-refractivity contribution in [2.45, 2.75) is 18.9 Å². The van der Waals surface area contributed by atoms with Gasteiger partial charge in [0.1, 0.15) is 0 Å². The first-order valence-corrected chi connectivity index (χ1v) is 4.48. The van der Waals surface area contributed by atoms with Gasteiger partial charge in [0.15, 0.2) is 0 Å². The Balaban J connectivity index is 2.29. The third kappa shape index (κ3) is 2.73. The lowest BCUT2D eigenvalue weighted by Gasteiger charge is -2.20. The van der Waals surface area contributed by atoms with Gasteiger partial charge in [-0.25, -0.2) is 0 Å². The van der Waals surface area contributed by atoms with Gasteiger partial charge in [0, 0.05) is 26.7 Å². The molecule has 0 N–H and O–H groups in total. The van der Waals surface area contributed by atoms with Crippen molar-refractivity contribution in [1.82, 2.24) is 0 Å². The average molecular weight is 174 g/mol. The second-order valence-electron chi connectivity index (χ2n) is 3.22. The van der Waals surface area contributed by atoms with E-state index in [4.69, 9.17) is 14.2 Å². The van der Waals surface area contributed by atoms with Crippen LogP contribution in [0, 0.1) is 5.92 Å². The van der Waals surface area contributed by atoms with Crippen LogP contribution >= 0.6 is 0 Å². The maximum Gasteiger partial charge on any atom is 0.0648 e. The molecule has 1 heterocycles. The molecule has 0 aliphatic carbocycles. The maximum atomic E-state index is 5.56. The minimum absolute atomic E-state index is 0.352. The van der Waals surface area contributed by atoms with Crippen LogP contribution in [-0.2, 0) is 14.2 Å². The number of ether oxygens (including phenoxy) is 3. The standard InChI is InChI=1S/C9H18O3/c1-10-6-8(7-11-2)9-4-3-5-12-9/h8-9H,3-7H2,1-2H3. The molecular formula is C9H18O3. The molecule has 0 saturated carbocycles. The highest BCUT2D eigenvalue weighted by atomic mass is 16.5. The minimum Gasteiger partial charge on any atom is -0.384 e. The van der Waals surface area contributed by atoms with Crippen molar-refractivity contribution in [2.24, 2.45) is 5.92 Å². The molecule has 1 saturated heterocycles. The molecule has 0 aromatic carbocycles. The van der Waals surface area contributed by atoms with Crippen LogP contribution in [0.25, 0.3) is 0 Å². The van der Waals surface area contributed by atoms with E-state index in [1.54, 1.807) is 14.2 Å². The van der Waals surface area contributed by atoms with Crippen molar-refractivity contribution >= 4 is 0 Å². The molecule has 0 radical (unpaired) electrons. The Morgan fingerprint density at radius 2 is 2.00 bits per heavy atom. The fourth-order valence-electron chi connectivity index (χ4n) is 1.67. The van der Waals surface area contributed by atoms with Gasteiger partial charge in [-0.3, -0.25) is 0 Å². The number of hydrogen-bond donors (Lipinski definition) is 0. The molecule has 1 aliphatic heterocycles. The molecule has 0 aromatic rings. The summed E-state index contributed by atoms with van der Waals surface area (Å²) in [7, 11) is 3.44. The van der Waals surface area contributed by atoms with Crippen molar-refractivity contribution < 1.29 is 14.2 Å². The first kappa shape index (κ1) is 9.96. The SMILES string of the molecule is COCC(COC)C1CCCO1. The Hall–Kier alpha value is -0.120. The Morgan fingerprint density at radius 3 is 2.42 bits per heavy atom. The number of methoxy groups -OCH3 is 2. The highest BCUT2D eigenvalue weighted by Gasteiger charge is 2.25. The molecule has 0 spiro atoms. The van der Waals surface area contributed by atoms with Crippen LogP contribution < -0.4 is 0 Å². The molecule has 3 heteroatoms. The van der Waals surface area contributed by atoms with Crippen LogP contribution in [-0.4, -0.2) is 40.1 Å². The summed E-state index contributed by atoms with van der Waals surface area (Å²) in [4.78, 5) is 0. The monoisotopic (exact) mass is 174 g/mol. The van der Waals surface area contributed by atoms with Gasteiger partial charge in [-0.1, -0.05) is 0 Å². The molecule has 0 bridgehead atoms. The van der Waals surface area contributed by atoms with Gasteiger partial charge >= 0.3 is 0 Å². The Labute approximate surface area is 74.0 Å². The minimum atomic E-state index is 0.352. The van der Waals surface area contributed by atoms with E-state index in [1.165, 1.54) is 6.42 Å². The summed E-state index contributed by atoms with van der Waals surface area (Å²) in [6.45, 7) is 2.37. The molecule has 1 fully saturated rings. The molecule has 3 nitrogen and oxygen atoms in total. The second-order valence-corrected chi connectivity index (χ2v) is 3.22. The van der Waals surface area contributed by atoms with Gasteiger partial charge in [0.05, 0.1) is 19.3 Å². The van der Waals surface area contributed by atoms with E-state index in [2.05, 4.69) is 0 Å². The second kappa shape index (κ2) is 5.51. The zero-order valence-electron chi connectivity index (χ0n) is 7.91. The predicted octanol–water partition coefficient (Wildman–Crippen LogP) is 1.07. The van der Waals surface area contributed by atoms with Crippen LogP contribution in [0.5, 0.6) is 0 Å². The van der Waals surface area contributed by atoms with E-state index in [1.807, 2.05) is 0 Å². The molecule has 1 rings (SSSR count). The van der Waals surface area contributed by atoms with Crippen molar-refractivity contribution in [1.29, 1.82) is 0 Å². The predicted molar refractivity (Wildman–Crippen MR) is 46.2 cm³/mol. The van der Waals surface area contributed by atoms with Crippen molar-refractivity contribution in [2.75, 3.05) is 34.0 Å². The van der Waals surface area contributed by atoms with Crippen LogP contribution in [0.3, 0.4) is 0 Å². The molecule has 0 amide bonds. The van der Waals surface area contributed by atoms with Gasteiger partial charge in [-0.15, -0.1) is 0 Å². The van der Waals surface area contributed by atoms with Gasteiger partial charge in [0.25, 0.3) is 0 Å². The quantitative estimate of drug-likeness (QED) is 0.624. The molecule has 0 aromatic heterocycles. The number of rotatable bonds is 5. The lowest BCUT2D eigenvalue weighted by atomic mass is 10.0. The van der Waals surface area contributed by atoms with Gasteiger partial charge in [0.2, 0.25) is 0 Å². The smallest absolute Gasteiger partial charge is 0.0648 e. The zero-order chi connectivity index (χ0) is 8.81. The van der Waals surface area contributed by atoms with Crippen LogP contribution in [0.2, 0.25) is 0 Å². The first-order chi connectivity index (χ1) is 5.88. The van der Waals surface area contributed by atoms with E-state index in [9.17, 15) is 0 Å². The summed E-state index contributed by atoms with van der Waals surface area (Å²) in [6.07, 6.45) is 2.68. The summed E-state index contributed by atoms with van der Waals surface area (Å²) in [5, 5.41) is 0. The molecule has 1 atom stereocenters. The third-order valence-corrected chi connectivity index (χ3v) is 2.25. The number of hydrogen-bond acceptors (Lipinski definition) is 3. The van der Waals surface area contributed by atoms with Crippen molar-refractivity contribution in [3.8, 4) is 0 Å². The van der Waals surface area contributed by atoms with Crippen LogP contribution in [0.1, 0.15) is 12.8 Å². The topological polar surface area (TPSA) is 27.7 Å². The van der Waals surface area contributed by atoms with Gasteiger partial charge < -0.3 is 14.2 Å². The molecule has 1 aliphatic rings. The largest absolute Gasteiger partial charge is 0.384 e. The summed E-state index contributed by atoms with van der Waals surface area (Å²) in [6, 6.07) is 0. The summed E-state index contributed by atoms with van der Waals surface area (Å²) < 4.78 is 15.8. The first-order valence-electron chi connectivity index (χ1n) is 4.48. The summed E-state index contributed by atoms with van der Waals surface area (Å²) >= 11 is 0. The van der Waals surface area contributed by atoms with E-state index in [0.717, 1.165) is 26.2 Å². The van der Waals surface area contributed by atoms with E-state index < -0.39 is 0 Å². The Bertz CT molecular complexity index is 104. The fourth-order valence-corrected chi connectivity index (χ4v) is 1.67. The molecule has 72 valence electrons. The zero-order valence-corrected chi connectivity index (χ0v) is 7.91. The van der Waals surface area contributed by atoms with Gasteiger partial charge in [-0.05, 0) is 12.8 Å². The normalized spacial score (nSPS) is 23.8. The summed E-state index contributed by atoms with van der Waals surface area (Å²) in [5.74, 6) is 0.405.